The highest BCUT2D eigenvalue weighted by molar-refractivity contribution is 9.10. The molecule has 2 atom stereocenters. The van der Waals surface area contributed by atoms with Crippen molar-refractivity contribution in [3.8, 4) is 5.75 Å². The molecule has 0 heterocycles. The molecule has 0 aromatic heterocycles. The number of carbonyl (C=O) groups is 2. The minimum Gasteiger partial charge on any atom is -0.482 e. The predicted molar refractivity (Wildman–Crippen MR) is 128 cm³/mol. The first kappa shape index (κ1) is 25.2. The van der Waals surface area contributed by atoms with Crippen LogP contribution < -0.4 is 10.1 Å². The van der Waals surface area contributed by atoms with E-state index < -0.39 is 6.04 Å². The van der Waals surface area contributed by atoms with Gasteiger partial charge in [-0.15, -0.1) is 0 Å². The first-order valence-corrected chi connectivity index (χ1v) is 11.6. The molecular formula is C24H30BrClN2O3. The van der Waals surface area contributed by atoms with Crippen molar-refractivity contribution in [3.63, 3.8) is 0 Å². The number of nitrogens with zero attached hydrogens (tertiary/aromatic N) is 1. The average Bonchev–Trinajstić information content (AvgIpc) is 2.74. The molecule has 0 aliphatic carbocycles. The van der Waals surface area contributed by atoms with E-state index in [1.165, 1.54) is 0 Å². The molecule has 0 unspecified atom stereocenters. The van der Waals surface area contributed by atoms with E-state index in [-0.39, 0.29) is 24.5 Å². The first-order valence-electron chi connectivity index (χ1n) is 10.5. The maximum atomic E-state index is 13.2. The summed E-state index contributed by atoms with van der Waals surface area (Å²) in [4.78, 5) is 27.7. The van der Waals surface area contributed by atoms with Gasteiger partial charge in [-0.25, -0.2) is 0 Å². The zero-order chi connectivity index (χ0) is 23.0. The van der Waals surface area contributed by atoms with Crippen molar-refractivity contribution in [1.29, 1.82) is 0 Å². The van der Waals surface area contributed by atoms with Crippen molar-refractivity contribution in [3.05, 3.63) is 63.1 Å². The van der Waals surface area contributed by atoms with Crippen molar-refractivity contribution < 1.29 is 14.3 Å². The quantitative estimate of drug-likeness (QED) is 0.459. The molecule has 0 aliphatic heterocycles. The van der Waals surface area contributed by atoms with Gasteiger partial charge < -0.3 is 15.0 Å². The third-order valence-electron chi connectivity index (χ3n) is 5.11. The average molecular weight is 510 g/mol. The molecule has 168 valence electrons. The summed E-state index contributed by atoms with van der Waals surface area (Å²) < 4.78 is 6.52. The number of carbonyl (C=O) groups excluding carboxylic acids is 2. The predicted octanol–water partition coefficient (Wildman–Crippen LogP) is 5.51. The molecule has 2 aromatic rings. The van der Waals surface area contributed by atoms with Gasteiger partial charge in [-0.05, 0) is 50.5 Å². The third kappa shape index (κ3) is 7.54. The fraction of sp³-hybridized carbons (Fsp3) is 0.417. The van der Waals surface area contributed by atoms with Crippen LogP contribution in [0.4, 0.5) is 0 Å². The Morgan fingerprint density at radius 2 is 1.81 bits per heavy atom. The number of hydrogen-bond acceptors (Lipinski definition) is 3. The minimum absolute atomic E-state index is 0.0377. The van der Waals surface area contributed by atoms with Gasteiger partial charge in [0.25, 0.3) is 5.91 Å². The van der Waals surface area contributed by atoms with Crippen molar-refractivity contribution in [2.75, 3.05) is 6.61 Å². The zero-order valence-corrected chi connectivity index (χ0v) is 20.8. The van der Waals surface area contributed by atoms with Gasteiger partial charge in [0.2, 0.25) is 5.91 Å². The lowest BCUT2D eigenvalue weighted by Gasteiger charge is -2.31. The highest BCUT2D eigenvalue weighted by atomic mass is 79.9. The highest BCUT2D eigenvalue weighted by Crippen LogP contribution is 2.28. The monoisotopic (exact) mass is 508 g/mol. The molecule has 1 N–H and O–H groups in total. The Morgan fingerprint density at radius 1 is 1.13 bits per heavy atom. The summed E-state index contributed by atoms with van der Waals surface area (Å²) in [5.41, 5.74) is 2.09. The Morgan fingerprint density at radius 3 is 2.39 bits per heavy atom. The number of nitrogens with one attached hydrogen (secondary N) is 1. The fourth-order valence-corrected chi connectivity index (χ4v) is 3.79. The number of amides is 2. The normalized spacial score (nSPS) is 12.7. The van der Waals surface area contributed by atoms with E-state index in [1.807, 2.05) is 52.0 Å². The molecule has 0 fully saturated rings. The largest absolute Gasteiger partial charge is 0.482 e. The van der Waals surface area contributed by atoms with E-state index in [4.69, 9.17) is 16.3 Å². The third-order valence-corrected chi connectivity index (χ3v) is 5.89. The van der Waals surface area contributed by atoms with Crippen LogP contribution in [0.2, 0.25) is 5.02 Å². The van der Waals surface area contributed by atoms with Crippen LogP contribution in [0.3, 0.4) is 0 Å². The van der Waals surface area contributed by atoms with Gasteiger partial charge in [0, 0.05) is 17.1 Å². The number of benzene rings is 2. The Kier molecular flexibility index (Phi) is 9.85. The number of ether oxygens (including phenoxy) is 1. The summed E-state index contributed by atoms with van der Waals surface area (Å²) in [5.74, 6) is -0.00435. The van der Waals surface area contributed by atoms with E-state index in [1.54, 1.807) is 23.1 Å². The van der Waals surface area contributed by atoms with Gasteiger partial charge >= 0.3 is 0 Å². The number of aryl methyl sites for hydroxylation is 1. The van der Waals surface area contributed by atoms with Crippen LogP contribution in [-0.4, -0.2) is 35.4 Å². The maximum Gasteiger partial charge on any atom is 0.261 e. The molecule has 0 spiro atoms. The van der Waals surface area contributed by atoms with E-state index in [9.17, 15) is 9.59 Å². The lowest BCUT2D eigenvalue weighted by molar-refractivity contribution is -0.143. The number of hydrogen-bond donors (Lipinski definition) is 1. The van der Waals surface area contributed by atoms with Crippen LogP contribution in [0, 0.1) is 6.92 Å². The van der Waals surface area contributed by atoms with E-state index in [0.29, 0.717) is 23.7 Å². The molecule has 31 heavy (non-hydrogen) atoms. The number of rotatable bonds is 10. The second kappa shape index (κ2) is 12.1. The van der Waals surface area contributed by atoms with E-state index in [0.717, 1.165) is 22.0 Å². The van der Waals surface area contributed by atoms with Crippen LogP contribution in [0.5, 0.6) is 5.75 Å². The Hall–Kier alpha value is -2.05. The molecule has 2 amide bonds. The fourth-order valence-electron chi connectivity index (χ4n) is 3.07. The van der Waals surface area contributed by atoms with Gasteiger partial charge in [0.05, 0.1) is 5.02 Å². The van der Waals surface area contributed by atoms with E-state index >= 15 is 0 Å². The standard InChI is InChI=1S/C24H30BrClN2O3/c1-5-17(4)27-24(30)21(6-2)28(14-18-9-7-16(3)8-10-18)23(29)15-31-22-12-11-19(25)13-20(22)26/h7-13,17,21H,5-6,14-15H2,1-4H3,(H,27,30)/t17-,21-/m0/s1. The maximum absolute atomic E-state index is 13.2. The summed E-state index contributed by atoms with van der Waals surface area (Å²) in [6.45, 7) is 8.00. The summed E-state index contributed by atoms with van der Waals surface area (Å²) in [5, 5.41) is 3.41. The summed E-state index contributed by atoms with van der Waals surface area (Å²) in [6.07, 6.45) is 1.32. The van der Waals surface area contributed by atoms with Gasteiger partial charge in [0.1, 0.15) is 11.8 Å². The number of halogens is 2. The summed E-state index contributed by atoms with van der Waals surface area (Å²) in [6, 6.07) is 12.6. The highest BCUT2D eigenvalue weighted by Gasteiger charge is 2.29. The second-order valence-electron chi connectivity index (χ2n) is 7.61. The molecule has 0 saturated heterocycles. The lowest BCUT2D eigenvalue weighted by atomic mass is 10.1. The zero-order valence-electron chi connectivity index (χ0n) is 18.5. The molecule has 2 aromatic carbocycles. The van der Waals surface area contributed by atoms with Gasteiger partial charge in [0.15, 0.2) is 6.61 Å². The van der Waals surface area contributed by atoms with E-state index in [2.05, 4.69) is 21.2 Å². The molecule has 0 radical (unpaired) electrons. The molecule has 0 saturated carbocycles. The van der Waals surface area contributed by atoms with Crippen LogP contribution in [-0.2, 0) is 16.1 Å². The summed E-state index contributed by atoms with van der Waals surface area (Å²) >= 11 is 9.56. The van der Waals surface area contributed by atoms with Gasteiger partial charge in [-0.1, -0.05) is 71.2 Å². The Labute approximate surface area is 198 Å². The van der Waals surface area contributed by atoms with Crippen molar-refractivity contribution in [1.82, 2.24) is 10.2 Å². The lowest BCUT2D eigenvalue weighted by Crippen LogP contribution is -2.51. The second-order valence-corrected chi connectivity index (χ2v) is 8.94. The topological polar surface area (TPSA) is 58.6 Å². The van der Waals surface area contributed by atoms with Gasteiger partial charge in [-0.2, -0.15) is 0 Å². The molecular weight excluding hydrogens is 480 g/mol. The molecule has 7 heteroatoms. The Balaban J connectivity index is 2.22. The molecule has 0 aliphatic rings. The van der Waals surface area contributed by atoms with Crippen LogP contribution >= 0.6 is 27.5 Å². The Bertz CT molecular complexity index is 889. The van der Waals surface area contributed by atoms with Crippen molar-refractivity contribution in [2.24, 2.45) is 0 Å². The SMILES string of the molecule is CC[C@H](C)NC(=O)[C@H](CC)N(Cc1ccc(C)cc1)C(=O)COc1ccc(Br)cc1Cl. The minimum atomic E-state index is -0.591. The van der Waals surface area contributed by atoms with Crippen molar-refractivity contribution in [2.45, 2.75) is 59.2 Å². The first-order chi connectivity index (χ1) is 14.7. The van der Waals surface area contributed by atoms with Crippen LogP contribution in [0.15, 0.2) is 46.9 Å². The molecule has 5 nitrogen and oxygen atoms in total. The molecule has 2 rings (SSSR count). The summed E-state index contributed by atoms with van der Waals surface area (Å²) in [7, 11) is 0. The molecule has 0 bridgehead atoms. The van der Waals surface area contributed by atoms with Crippen molar-refractivity contribution >= 4 is 39.3 Å². The van der Waals surface area contributed by atoms with Crippen LogP contribution in [0.25, 0.3) is 0 Å². The van der Waals surface area contributed by atoms with Crippen LogP contribution in [0.1, 0.15) is 44.7 Å². The van der Waals surface area contributed by atoms with Gasteiger partial charge in [-0.3, -0.25) is 9.59 Å². The smallest absolute Gasteiger partial charge is 0.261 e.